The first-order valence-corrected chi connectivity index (χ1v) is 13.1. The van der Waals surface area contributed by atoms with Crippen molar-refractivity contribution in [2.75, 3.05) is 23.3 Å². The summed E-state index contributed by atoms with van der Waals surface area (Å²) in [7, 11) is 0. The van der Waals surface area contributed by atoms with Gasteiger partial charge in [0.15, 0.2) is 0 Å². The van der Waals surface area contributed by atoms with Gasteiger partial charge in [-0.2, -0.15) is 0 Å². The number of imidazole rings is 1. The highest BCUT2D eigenvalue weighted by atomic mass is 35.5. The molecule has 0 aliphatic carbocycles. The Morgan fingerprint density at radius 3 is 2.71 bits per heavy atom. The zero-order chi connectivity index (χ0) is 25.9. The topological polar surface area (TPSA) is 85.9 Å². The minimum atomic E-state index is -0.154. The van der Waals surface area contributed by atoms with E-state index in [9.17, 15) is 4.79 Å². The van der Waals surface area contributed by atoms with Crippen LogP contribution in [0.3, 0.4) is 0 Å². The van der Waals surface area contributed by atoms with Crippen LogP contribution in [0, 0.1) is 0 Å². The number of rotatable bonds is 7. The van der Waals surface area contributed by atoms with E-state index in [4.69, 9.17) is 11.6 Å². The number of aromatic nitrogens is 3. The van der Waals surface area contributed by atoms with Crippen molar-refractivity contribution in [2.45, 2.75) is 19.4 Å². The summed E-state index contributed by atoms with van der Waals surface area (Å²) in [6.45, 7) is 2.55. The summed E-state index contributed by atoms with van der Waals surface area (Å²) in [4.78, 5) is 27.7. The molecule has 6 rings (SSSR count). The van der Waals surface area contributed by atoms with Crippen LogP contribution in [0.2, 0.25) is 5.02 Å². The van der Waals surface area contributed by atoms with Gasteiger partial charge < -0.3 is 20.5 Å². The molecule has 1 saturated heterocycles. The van der Waals surface area contributed by atoms with Gasteiger partial charge in [0.2, 0.25) is 5.95 Å². The van der Waals surface area contributed by atoms with E-state index in [1.165, 1.54) is 18.5 Å². The van der Waals surface area contributed by atoms with Crippen LogP contribution < -0.4 is 15.5 Å². The van der Waals surface area contributed by atoms with Gasteiger partial charge in [0.05, 0.1) is 27.4 Å². The number of benzene rings is 3. The van der Waals surface area contributed by atoms with Crippen molar-refractivity contribution < 1.29 is 4.79 Å². The molecule has 2 aromatic heterocycles. The summed E-state index contributed by atoms with van der Waals surface area (Å²) < 4.78 is 0. The molecule has 0 unspecified atom stereocenters. The van der Waals surface area contributed by atoms with Crippen molar-refractivity contribution in [3.63, 3.8) is 0 Å². The zero-order valence-electron chi connectivity index (χ0n) is 20.7. The van der Waals surface area contributed by atoms with Gasteiger partial charge in [-0.15, -0.1) is 0 Å². The minimum absolute atomic E-state index is 0.154. The molecule has 3 aromatic carbocycles. The Hall–Kier alpha value is -4.36. The Balaban J connectivity index is 1.14. The van der Waals surface area contributed by atoms with E-state index in [1.807, 2.05) is 60.7 Å². The number of aromatic amines is 1. The van der Waals surface area contributed by atoms with Crippen LogP contribution in [0.15, 0.2) is 85.1 Å². The fourth-order valence-electron chi connectivity index (χ4n) is 4.77. The van der Waals surface area contributed by atoms with Crippen LogP contribution in [0.1, 0.15) is 28.8 Å². The van der Waals surface area contributed by atoms with Crippen molar-refractivity contribution >= 4 is 45.9 Å². The number of anilines is 3. The molecule has 0 radical (unpaired) electrons. The Bertz CT molecular complexity index is 1590. The lowest BCUT2D eigenvalue weighted by molar-refractivity contribution is 0.0951. The molecule has 1 aliphatic heterocycles. The lowest BCUT2D eigenvalue weighted by atomic mass is 10.1. The van der Waals surface area contributed by atoms with Crippen molar-refractivity contribution in [3.05, 3.63) is 101 Å². The predicted molar refractivity (Wildman–Crippen MR) is 153 cm³/mol. The van der Waals surface area contributed by atoms with Gasteiger partial charge in [-0.05, 0) is 73.0 Å². The van der Waals surface area contributed by atoms with Crippen LogP contribution in [-0.2, 0) is 6.54 Å². The maximum atomic E-state index is 12.9. The number of pyridine rings is 1. The number of nitrogens with zero attached hydrogens (tertiary/aromatic N) is 3. The Labute approximate surface area is 225 Å². The van der Waals surface area contributed by atoms with E-state index in [0.717, 1.165) is 46.6 Å². The highest BCUT2D eigenvalue weighted by Crippen LogP contribution is 2.29. The molecule has 38 heavy (non-hydrogen) atoms. The monoisotopic (exact) mass is 522 g/mol. The van der Waals surface area contributed by atoms with Crippen LogP contribution in [0.25, 0.3) is 22.3 Å². The second-order valence-electron chi connectivity index (χ2n) is 9.40. The molecule has 5 aromatic rings. The number of hydrogen-bond acceptors (Lipinski definition) is 5. The molecule has 7 nitrogen and oxygen atoms in total. The number of carbonyl (C=O) groups excluding carboxylic acids is 1. The Morgan fingerprint density at radius 1 is 0.974 bits per heavy atom. The van der Waals surface area contributed by atoms with Gasteiger partial charge in [-0.3, -0.25) is 9.78 Å². The molecule has 0 atom stereocenters. The summed E-state index contributed by atoms with van der Waals surface area (Å²) in [5.41, 5.74) is 7.02. The molecule has 0 spiro atoms. The molecule has 1 aliphatic rings. The fourth-order valence-corrected chi connectivity index (χ4v) is 4.94. The lowest BCUT2D eigenvalue weighted by Crippen LogP contribution is -2.22. The quantitative estimate of drug-likeness (QED) is 0.225. The van der Waals surface area contributed by atoms with E-state index in [1.54, 1.807) is 12.3 Å². The van der Waals surface area contributed by atoms with E-state index >= 15 is 0 Å². The summed E-state index contributed by atoms with van der Waals surface area (Å²) in [6.07, 6.45) is 4.22. The van der Waals surface area contributed by atoms with Crippen LogP contribution >= 0.6 is 11.6 Å². The summed E-state index contributed by atoms with van der Waals surface area (Å²) in [6, 6.07) is 25.1. The first-order valence-electron chi connectivity index (χ1n) is 12.7. The number of nitrogens with one attached hydrogen (secondary N) is 3. The third-order valence-corrected chi connectivity index (χ3v) is 7.09. The van der Waals surface area contributed by atoms with Crippen molar-refractivity contribution in [2.24, 2.45) is 0 Å². The van der Waals surface area contributed by atoms with Crippen LogP contribution in [0.4, 0.5) is 17.3 Å². The van der Waals surface area contributed by atoms with E-state index < -0.39 is 0 Å². The Kier molecular flexibility index (Phi) is 6.67. The lowest BCUT2D eigenvalue weighted by Gasteiger charge is -2.17. The average molecular weight is 523 g/mol. The molecule has 0 bridgehead atoms. The van der Waals surface area contributed by atoms with Gasteiger partial charge in [0.25, 0.3) is 5.91 Å². The Morgan fingerprint density at radius 2 is 1.87 bits per heavy atom. The number of amides is 1. The van der Waals surface area contributed by atoms with Gasteiger partial charge in [-0.1, -0.05) is 35.9 Å². The van der Waals surface area contributed by atoms with Gasteiger partial charge in [0.1, 0.15) is 0 Å². The number of carbonyl (C=O) groups is 1. The molecule has 1 amide bonds. The van der Waals surface area contributed by atoms with E-state index in [2.05, 4.69) is 42.6 Å². The molecule has 190 valence electrons. The maximum absolute atomic E-state index is 12.9. The standard InChI is InChI=1S/C30H27ClN6O/c31-24-11-9-20(19-33-29(38)22-7-5-6-21(17-22)25-8-1-2-13-32-25)16-27(24)35-30-34-26-12-10-23(18-28(26)36-30)37-14-3-4-15-37/h1-2,5-13,16-18H,3-4,14-15,19H2,(H,33,38)(H2,34,35,36). The van der Waals surface area contributed by atoms with Crippen molar-refractivity contribution in [1.82, 2.24) is 20.3 Å². The van der Waals surface area contributed by atoms with Gasteiger partial charge in [-0.25, -0.2) is 4.98 Å². The van der Waals surface area contributed by atoms with E-state index in [-0.39, 0.29) is 5.91 Å². The first kappa shape index (κ1) is 24.0. The molecule has 3 heterocycles. The summed E-state index contributed by atoms with van der Waals surface area (Å²) in [5.74, 6) is 0.464. The average Bonchev–Trinajstić information content (AvgIpc) is 3.63. The largest absolute Gasteiger partial charge is 0.371 e. The van der Waals surface area contributed by atoms with E-state index in [0.29, 0.717) is 23.1 Å². The molecule has 3 N–H and O–H groups in total. The second kappa shape index (κ2) is 10.6. The third kappa shape index (κ3) is 5.19. The summed E-state index contributed by atoms with van der Waals surface area (Å²) in [5, 5.41) is 6.88. The highest BCUT2D eigenvalue weighted by molar-refractivity contribution is 6.33. The minimum Gasteiger partial charge on any atom is -0.371 e. The molecule has 8 heteroatoms. The molecular formula is C30H27ClN6O. The number of halogens is 1. The van der Waals surface area contributed by atoms with Crippen LogP contribution in [0.5, 0.6) is 0 Å². The second-order valence-corrected chi connectivity index (χ2v) is 9.81. The highest BCUT2D eigenvalue weighted by Gasteiger charge is 2.14. The first-order chi connectivity index (χ1) is 18.6. The normalized spacial score (nSPS) is 13.1. The maximum Gasteiger partial charge on any atom is 0.251 e. The van der Waals surface area contributed by atoms with Crippen LogP contribution in [-0.4, -0.2) is 33.9 Å². The fraction of sp³-hybridized carbons (Fsp3) is 0.167. The van der Waals surface area contributed by atoms with Gasteiger partial charge >= 0.3 is 0 Å². The third-order valence-electron chi connectivity index (χ3n) is 6.76. The molecule has 0 saturated carbocycles. The van der Waals surface area contributed by atoms with Gasteiger partial charge in [0, 0.05) is 42.6 Å². The number of hydrogen-bond donors (Lipinski definition) is 3. The van der Waals surface area contributed by atoms with Crippen molar-refractivity contribution in [3.8, 4) is 11.3 Å². The predicted octanol–water partition coefficient (Wildman–Crippen LogP) is 6.55. The SMILES string of the molecule is O=C(NCc1ccc(Cl)c(Nc2nc3ccc(N4CCCC4)cc3[nH]2)c1)c1cccc(-c2ccccn2)c1. The summed E-state index contributed by atoms with van der Waals surface area (Å²) >= 11 is 6.49. The van der Waals surface area contributed by atoms with Crippen molar-refractivity contribution in [1.29, 1.82) is 0 Å². The number of fused-ring (bicyclic) bond motifs is 1. The molecular weight excluding hydrogens is 496 g/mol. The zero-order valence-corrected chi connectivity index (χ0v) is 21.5. The smallest absolute Gasteiger partial charge is 0.251 e. The molecule has 1 fully saturated rings. The number of H-pyrrole nitrogens is 1.